The second-order valence-electron chi connectivity index (χ2n) is 8.60. The van der Waals surface area contributed by atoms with E-state index in [4.69, 9.17) is 4.74 Å². The average molecular weight is 469 g/mol. The molecule has 1 unspecified atom stereocenters. The number of rotatable bonds is 5. The number of fused-ring (bicyclic) bond motifs is 1. The van der Waals surface area contributed by atoms with Crippen LogP contribution in [0.2, 0.25) is 0 Å². The molecule has 172 valence electrons. The highest BCUT2D eigenvalue weighted by Crippen LogP contribution is 2.32. The van der Waals surface area contributed by atoms with E-state index in [0.29, 0.717) is 61.1 Å². The van der Waals surface area contributed by atoms with Gasteiger partial charge in [0, 0.05) is 31.6 Å². The Morgan fingerprint density at radius 3 is 2.70 bits per heavy atom. The zero-order valence-corrected chi connectivity index (χ0v) is 18.9. The minimum atomic E-state index is -3.50. The Kier molecular flexibility index (Phi) is 5.44. The number of pyridine rings is 1. The van der Waals surface area contributed by atoms with Gasteiger partial charge in [-0.15, -0.1) is 0 Å². The molecule has 10 nitrogen and oxygen atoms in total. The van der Waals surface area contributed by atoms with E-state index in [9.17, 15) is 18.5 Å². The molecule has 3 aromatic rings. The predicted molar refractivity (Wildman–Crippen MR) is 122 cm³/mol. The maximum atomic E-state index is 12.7. The summed E-state index contributed by atoms with van der Waals surface area (Å²) in [5.74, 6) is 0.432. The van der Waals surface area contributed by atoms with Gasteiger partial charge in [-0.05, 0) is 42.7 Å². The molecule has 2 aliphatic heterocycles. The lowest BCUT2D eigenvalue weighted by molar-refractivity contribution is 0.0359. The highest BCUT2D eigenvalue weighted by Gasteiger charge is 2.34. The summed E-state index contributed by atoms with van der Waals surface area (Å²) in [5, 5.41) is 17.7. The SMILES string of the molecule is CC1CN(S(=O)(=O)c2ccc(Nc3nn([C@H]4COCCC4C#N)c4cc[nH]c(=O)c34)cc2)C1. The van der Waals surface area contributed by atoms with Crippen LogP contribution in [0.5, 0.6) is 0 Å². The first kappa shape index (κ1) is 21.6. The Bertz CT molecular complexity index is 1380. The molecule has 0 radical (unpaired) electrons. The van der Waals surface area contributed by atoms with Crippen LogP contribution in [0.1, 0.15) is 19.4 Å². The van der Waals surface area contributed by atoms with E-state index in [1.165, 1.54) is 4.31 Å². The van der Waals surface area contributed by atoms with Crippen molar-refractivity contribution in [2.45, 2.75) is 24.3 Å². The molecule has 2 aromatic heterocycles. The van der Waals surface area contributed by atoms with Crippen LogP contribution in [0.3, 0.4) is 0 Å². The van der Waals surface area contributed by atoms with Crippen molar-refractivity contribution < 1.29 is 13.2 Å². The molecular formula is C22H24N6O4S. The number of sulfonamides is 1. The molecule has 0 saturated carbocycles. The number of H-pyrrole nitrogens is 1. The summed E-state index contributed by atoms with van der Waals surface area (Å²) in [7, 11) is -3.50. The summed E-state index contributed by atoms with van der Waals surface area (Å²) in [5.41, 5.74) is 0.887. The minimum Gasteiger partial charge on any atom is -0.379 e. The van der Waals surface area contributed by atoms with E-state index in [0.717, 1.165) is 0 Å². The quantitative estimate of drug-likeness (QED) is 0.586. The number of hydrogen-bond acceptors (Lipinski definition) is 7. The second kappa shape index (κ2) is 8.30. The van der Waals surface area contributed by atoms with Crippen LogP contribution in [0.25, 0.3) is 10.9 Å². The molecular weight excluding hydrogens is 444 g/mol. The highest BCUT2D eigenvalue weighted by molar-refractivity contribution is 7.89. The van der Waals surface area contributed by atoms with E-state index in [2.05, 4.69) is 21.5 Å². The van der Waals surface area contributed by atoms with Gasteiger partial charge >= 0.3 is 0 Å². The van der Waals surface area contributed by atoms with Crippen LogP contribution in [0.4, 0.5) is 11.5 Å². The normalized spacial score (nSPS) is 22.1. The maximum absolute atomic E-state index is 12.7. The van der Waals surface area contributed by atoms with Gasteiger partial charge in [0.1, 0.15) is 5.39 Å². The topological polar surface area (TPSA) is 133 Å². The first-order valence-electron chi connectivity index (χ1n) is 10.8. The number of anilines is 2. The number of aromatic nitrogens is 3. The molecule has 4 heterocycles. The molecule has 11 heteroatoms. The molecule has 0 aliphatic carbocycles. The monoisotopic (exact) mass is 468 g/mol. The summed E-state index contributed by atoms with van der Waals surface area (Å²) >= 11 is 0. The summed E-state index contributed by atoms with van der Waals surface area (Å²) in [6.07, 6.45) is 2.15. The summed E-state index contributed by atoms with van der Waals surface area (Å²) in [6.45, 7) is 3.93. The van der Waals surface area contributed by atoms with Gasteiger partial charge in [0.05, 0.1) is 35.0 Å². The number of nitrogens with one attached hydrogen (secondary N) is 2. The number of ether oxygens (including phenoxy) is 1. The van der Waals surface area contributed by atoms with Gasteiger partial charge in [-0.25, -0.2) is 8.42 Å². The Morgan fingerprint density at radius 1 is 1.24 bits per heavy atom. The van der Waals surface area contributed by atoms with Gasteiger partial charge in [-0.3, -0.25) is 9.48 Å². The largest absolute Gasteiger partial charge is 0.379 e. The third-order valence-electron chi connectivity index (χ3n) is 6.22. The van der Waals surface area contributed by atoms with Gasteiger partial charge in [0.15, 0.2) is 5.82 Å². The molecule has 0 spiro atoms. The van der Waals surface area contributed by atoms with Crippen molar-refractivity contribution >= 4 is 32.4 Å². The van der Waals surface area contributed by atoms with Crippen molar-refractivity contribution in [3.8, 4) is 6.07 Å². The predicted octanol–water partition coefficient (Wildman–Crippen LogP) is 2.21. The van der Waals surface area contributed by atoms with Gasteiger partial charge in [0.25, 0.3) is 5.56 Å². The lowest BCUT2D eigenvalue weighted by Gasteiger charge is -2.35. The first-order chi connectivity index (χ1) is 15.9. The average Bonchev–Trinajstić information content (AvgIpc) is 3.16. The van der Waals surface area contributed by atoms with Crippen LogP contribution in [0.15, 0.2) is 46.2 Å². The molecule has 2 saturated heterocycles. The van der Waals surface area contributed by atoms with Crippen molar-refractivity contribution in [2.24, 2.45) is 11.8 Å². The minimum absolute atomic E-state index is 0.226. The standard InChI is InChI=1S/C22H24N6O4S/c1-14-11-27(12-14)33(30,31)17-4-2-16(3-5-17)25-21-20-18(6-8-24-22(20)29)28(26-21)19-13-32-9-7-15(19)10-23/h2-6,8,14-15,19H,7,9,11-13H2,1H3,(H,24,29)(H,25,26)/t15?,19-/m0/s1. The van der Waals surface area contributed by atoms with E-state index in [-0.39, 0.29) is 22.4 Å². The number of hydrogen-bond donors (Lipinski definition) is 2. The first-order valence-corrected chi connectivity index (χ1v) is 12.3. The zero-order chi connectivity index (χ0) is 23.2. The number of aromatic amines is 1. The highest BCUT2D eigenvalue weighted by atomic mass is 32.2. The fraction of sp³-hybridized carbons (Fsp3) is 0.409. The van der Waals surface area contributed by atoms with Crippen LogP contribution in [0, 0.1) is 23.2 Å². The maximum Gasteiger partial charge on any atom is 0.261 e. The van der Waals surface area contributed by atoms with Crippen molar-refractivity contribution in [3.05, 3.63) is 46.9 Å². The molecule has 2 aliphatic rings. The van der Waals surface area contributed by atoms with Crippen molar-refractivity contribution in [2.75, 3.05) is 31.6 Å². The second-order valence-corrected chi connectivity index (χ2v) is 10.5. The van der Waals surface area contributed by atoms with E-state index in [1.807, 2.05) is 6.92 Å². The smallest absolute Gasteiger partial charge is 0.261 e. The number of benzene rings is 1. The van der Waals surface area contributed by atoms with E-state index >= 15 is 0 Å². The molecule has 0 bridgehead atoms. The molecule has 2 fully saturated rings. The third kappa shape index (κ3) is 3.80. The Hall–Kier alpha value is -3.20. The van der Waals surface area contributed by atoms with Crippen LogP contribution < -0.4 is 10.9 Å². The van der Waals surface area contributed by atoms with E-state index in [1.54, 1.807) is 41.2 Å². The van der Waals surface area contributed by atoms with Gasteiger partial charge in [-0.1, -0.05) is 6.92 Å². The Labute approximate surface area is 190 Å². The number of nitriles is 1. The summed E-state index contributed by atoms with van der Waals surface area (Å²) in [6, 6.07) is 10.2. The lowest BCUT2D eigenvalue weighted by Crippen LogP contribution is -2.48. The Balaban J connectivity index is 1.47. The summed E-state index contributed by atoms with van der Waals surface area (Å²) in [4.78, 5) is 15.5. The molecule has 33 heavy (non-hydrogen) atoms. The van der Waals surface area contributed by atoms with Crippen LogP contribution in [-0.2, 0) is 14.8 Å². The lowest BCUT2D eigenvalue weighted by atomic mass is 9.96. The fourth-order valence-electron chi connectivity index (χ4n) is 4.39. The fourth-order valence-corrected chi connectivity index (χ4v) is 6.07. The van der Waals surface area contributed by atoms with Crippen LogP contribution in [-0.4, -0.2) is 53.8 Å². The van der Waals surface area contributed by atoms with Crippen LogP contribution >= 0.6 is 0 Å². The molecule has 1 aromatic carbocycles. The molecule has 2 atom stereocenters. The number of nitrogens with zero attached hydrogens (tertiary/aromatic N) is 4. The zero-order valence-electron chi connectivity index (χ0n) is 18.1. The Morgan fingerprint density at radius 2 is 2.00 bits per heavy atom. The van der Waals surface area contributed by atoms with Crippen molar-refractivity contribution in [1.29, 1.82) is 5.26 Å². The molecule has 5 rings (SSSR count). The van der Waals surface area contributed by atoms with Gasteiger partial charge < -0.3 is 15.0 Å². The molecule has 2 N–H and O–H groups in total. The van der Waals surface area contributed by atoms with Crippen molar-refractivity contribution in [1.82, 2.24) is 19.1 Å². The van der Waals surface area contributed by atoms with E-state index < -0.39 is 10.0 Å². The third-order valence-corrected chi connectivity index (χ3v) is 8.07. The van der Waals surface area contributed by atoms with Crippen molar-refractivity contribution in [3.63, 3.8) is 0 Å². The van der Waals surface area contributed by atoms with Gasteiger partial charge in [0.2, 0.25) is 10.0 Å². The van der Waals surface area contributed by atoms with Gasteiger partial charge in [-0.2, -0.15) is 14.7 Å². The molecule has 0 amide bonds. The summed E-state index contributed by atoms with van der Waals surface area (Å²) < 4.78 is 34.1.